The summed E-state index contributed by atoms with van der Waals surface area (Å²) >= 11 is 0. The van der Waals surface area contributed by atoms with Crippen LogP contribution in [0.2, 0.25) is 0 Å². The zero-order valence-corrected chi connectivity index (χ0v) is 12.9. The Morgan fingerprint density at radius 1 is 1.29 bits per heavy atom. The summed E-state index contributed by atoms with van der Waals surface area (Å²) in [5, 5.41) is 15.0. The summed E-state index contributed by atoms with van der Waals surface area (Å²) in [4.78, 5) is 0. The molecule has 0 unspecified atom stereocenters. The van der Waals surface area contributed by atoms with E-state index < -0.39 is 21.0 Å². The predicted molar refractivity (Wildman–Crippen MR) is 72.3 cm³/mol. The van der Waals surface area contributed by atoms with Crippen molar-refractivity contribution in [3.05, 3.63) is 29.8 Å². The van der Waals surface area contributed by atoms with Crippen molar-refractivity contribution in [3.8, 4) is 11.6 Å². The van der Waals surface area contributed by atoms with E-state index in [1.165, 1.54) is 4.31 Å². The fourth-order valence-electron chi connectivity index (χ4n) is 2.10. The molecule has 21 heavy (non-hydrogen) atoms. The number of hydrogen-bond donors (Lipinski definition) is 0. The van der Waals surface area contributed by atoms with Gasteiger partial charge in [-0.3, -0.25) is 0 Å². The number of para-hydroxylation sites is 1. The minimum absolute atomic E-state index is 0.261. The van der Waals surface area contributed by atoms with E-state index in [4.69, 9.17) is 0 Å². The average molecular weight is 311 g/mol. The van der Waals surface area contributed by atoms with Gasteiger partial charge in [-0.15, -0.1) is 0 Å². The molecular weight excluding hydrogens is 294 g/mol. The Labute approximate surface area is 123 Å². The maximum atomic E-state index is 12.6. The molecule has 0 spiro atoms. The number of benzene rings is 1. The van der Waals surface area contributed by atoms with Gasteiger partial charge in [-0.2, -0.15) is 4.31 Å². The van der Waals surface area contributed by atoms with Crippen LogP contribution in [0, 0.1) is 6.92 Å². The molecule has 0 bridgehead atoms. The first-order valence-electron chi connectivity index (χ1n) is 6.58. The lowest BCUT2D eigenvalue weighted by Gasteiger charge is -2.15. The van der Waals surface area contributed by atoms with Crippen molar-refractivity contribution in [2.45, 2.75) is 25.8 Å². The Bertz CT molecular complexity index is 736. The molecule has 0 saturated heterocycles. The Morgan fingerprint density at radius 3 is 2.48 bits per heavy atom. The Hall–Kier alpha value is -1.93. The minimum Gasteiger partial charge on any atom is -0.538 e. The van der Waals surface area contributed by atoms with Gasteiger partial charge in [-0.1, -0.05) is 32.0 Å². The number of aromatic nitrogens is 2. The molecule has 0 amide bonds. The second-order valence-electron chi connectivity index (χ2n) is 4.45. The van der Waals surface area contributed by atoms with Crippen LogP contribution in [0.15, 0.2) is 33.8 Å². The fraction of sp³-hybridized carbons (Fsp3) is 0.385. The number of aryl methyl sites for hydroxylation is 1. The van der Waals surface area contributed by atoms with Crippen molar-refractivity contribution < 1.29 is 22.7 Å². The van der Waals surface area contributed by atoms with Crippen molar-refractivity contribution >= 4 is 10.0 Å². The minimum atomic E-state index is -3.96. The maximum absolute atomic E-state index is 12.6. The van der Waals surface area contributed by atoms with Crippen LogP contribution in [-0.2, 0) is 10.0 Å². The van der Waals surface area contributed by atoms with Crippen LogP contribution in [0.1, 0.15) is 19.4 Å². The quantitative estimate of drug-likeness (QED) is 0.744. The third kappa shape index (κ3) is 2.64. The van der Waals surface area contributed by atoms with Gasteiger partial charge in [0.05, 0.1) is 5.27 Å². The Kier molecular flexibility index (Phi) is 4.29. The molecule has 1 aromatic carbocycles. The highest BCUT2D eigenvalue weighted by Gasteiger charge is 2.37. The second kappa shape index (κ2) is 5.82. The first-order chi connectivity index (χ1) is 9.93. The molecule has 0 N–H and O–H groups in total. The first kappa shape index (κ1) is 15.5. The van der Waals surface area contributed by atoms with E-state index in [1.807, 2.05) is 6.07 Å². The van der Waals surface area contributed by atoms with E-state index in [9.17, 15) is 13.5 Å². The molecular formula is C13H17N3O4S. The lowest BCUT2D eigenvalue weighted by Crippen LogP contribution is -2.44. The fourth-order valence-corrected chi connectivity index (χ4v) is 3.62. The van der Waals surface area contributed by atoms with Crippen molar-refractivity contribution in [2.24, 2.45) is 0 Å². The zero-order chi connectivity index (χ0) is 15.6. The van der Waals surface area contributed by atoms with Crippen LogP contribution in [0.4, 0.5) is 0 Å². The molecule has 1 heterocycles. The molecule has 7 nitrogen and oxygen atoms in total. The lowest BCUT2D eigenvalue weighted by molar-refractivity contribution is -0.706. The summed E-state index contributed by atoms with van der Waals surface area (Å²) in [6.07, 6.45) is 0. The van der Waals surface area contributed by atoms with Crippen molar-refractivity contribution in [1.82, 2.24) is 9.58 Å². The van der Waals surface area contributed by atoms with Crippen LogP contribution in [0.3, 0.4) is 0 Å². The highest BCUT2D eigenvalue weighted by atomic mass is 32.2. The first-order valence-corrected chi connectivity index (χ1v) is 8.02. The lowest BCUT2D eigenvalue weighted by atomic mass is 10.2. The van der Waals surface area contributed by atoms with Crippen LogP contribution < -0.4 is 9.79 Å². The van der Waals surface area contributed by atoms with Crippen LogP contribution in [-0.4, -0.2) is 31.1 Å². The molecule has 2 rings (SSSR count). The third-order valence-electron chi connectivity index (χ3n) is 3.21. The third-order valence-corrected chi connectivity index (χ3v) is 5.23. The van der Waals surface area contributed by atoms with E-state index in [1.54, 1.807) is 39.0 Å². The summed E-state index contributed by atoms with van der Waals surface area (Å²) in [6.45, 7) is 5.73. The molecule has 0 aliphatic carbocycles. The van der Waals surface area contributed by atoms with Gasteiger partial charge in [-0.05, 0) is 11.6 Å². The van der Waals surface area contributed by atoms with Gasteiger partial charge in [0.1, 0.15) is 0 Å². The molecule has 0 saturated carbocycles. The van der Waals surface area contributed by atoms with Crippen molar-refractivity contribution in [2.75, 3.05) is 13.1 Å². The molecule has 0 radical (unpaired) electrons. The number of sulfonamides is 1. The second-order valence-corrected chi connectivity index (χ2v) is 6.31. The maximum Gasteiger partial charge on any atom is 0.368 e. The SMILES string of the molecule is CCN(CC)S(=O)(=O)c1c([O-])on[n+]1-c1ccccc1C. The normalized spacial score (nSPS) is 12.0. The zero-order valence-electron chi connectivity index (χ0n) is 12.1. The van der Waals surface area contributed by atoms with Crippen LogP contribution in [0.25, 0.3) is 5.69 Å². The molecule has 0 fully saturated rings. The highest BCUT2D eigenvalue weighted by molar-refractivity contribution is 7.89. The average Bonchev–Trinajstić information content (AvgIpc) is 2.82. The van der Waals surface area contributed by atoms with E-state index >= 15 is 0 Å². The number of nitrogens with zero attached hydrogens (tertiary/aromatic N) is 3. The Balaban J connectivity index is 2.67. The van der Waals surface area contributed by atoms with E-state index in [-0.39, 0.29) is 13.1 Å². The van der Waals surface area contributed by atoms with Crippen molar-refractivity contribution in [1.29, 1.82) is 0 Å². The standard InChI is InChI=1S/C13H17N3O4S/c1-4-15(5-2)21(18,19)12-13(17)20-14-16(12)11-9-7-6-8-10(11)3/h6-9H,4-5H2,1-3H3. The van der Waals surface area contributed by atoms with Gasteiger partial charge in [0.2, 0.25) is 5.69 Å². The highest BCUT2D eigenvalue weighted by Crippen LogP contribution is 2.21. The van der Waals surface area contributed by atoms with E-state index in [0.29, 0.717) is 5.69 Å². The van der Waals surface area contributed by atoms with E-state index in [0.717, 1.165) is 10.2 Å². The summed E-state index contributed by atoms with van der Waals surface area (Å²) < 4.78 is 32.0. The summed E-state index contributed by atoms with van der Waals surface area (Å²) in [5.74, 6) is -0.967. The molecule has 0 aliphatic rings. The van der Waals surface area contributed by atoms with Crippen LogP contribution >= 0.6 is 0 Å². The largest absolute Gasteiger partial charge is 0.538 e. The number of hydrogen-bond acceptors (Lipinski definition) is 5. The topological polar surface area (TPSA) is 90.3 Å². The molecule has 0 aliphatic heterocycles. The van der Waals surface area contributed by atoms with Crippen LogP contribution in [0.5, 0.6) is 5.95 Å². The molecule has 1 aromatic heterocycles. The monoisotopic (exact) mass is 311 g/mol. The molecule has 2 aromatic rings. The molecule has 114 valence electrons. The number of rotatable bonds is 5. The van der Waals surface area contributed by atoms with E-state index in [2.05, 4.69) is 9.79 Å². The predicted octanol–water partition coefficient (Wildman–Crippen LogP) is 0.364. The van der Waals surface area contributed by atoms with Gasteiger partial charge in [0.25, 0.3) is 0 Å². The molecule has 0 atom stereocenters. The van der Waals surface area contributed by atoms with Gasteiger partial charge in [0.15, 0.2) is 5.95 Å². The van der Waals surface area contributed by atoms with Gasteiger partial charge in [-0.25, -0.2) is 8.42 Å². The van der Waals surface area contributed by atoms with Crippen molar-refractivity contribution in [3.63, 3.8) is 0 Å². The summed E-state index contributed by atoms with van der Waals surface area (Å²) in [5.41, 5.74) is 1.28. The molecule has 8 heteroatoms. The smallest absolute Gasteiger partial charge is 0.368 e. The van der Waals surface area contributed by atoms with Gasteiger partial charge in [0, 0.05) is 24.7 Å². The summed E-state index contributed by atoms with van der Waals surface area (Å²) in [7, 11) is -3.96. The Morgan fingerprint density at radius 2 is 1.90 bits per heavy atom. The van der Waals surface area contributed by atoms with Gasteiger partial charge < -0.3 is 9.63 Å². The van der Waals surface area contributed by atoms with Gasteiger partial charge >= 0.3 is 15.0 Å². The summed E-state index contributed by atoms with van der Waals surface area (Å²) in [6, 6.07) is 7.03.